The third-order valence-corrected chi connectivity index (χ3v) is 2.82. The summed E-state index contributed by atoms with van der Waals surface area (Å²) < 4.78 is 10.7. The molecule has 0 aliphatic heterocycles. The third-order valence-electron chi connectivity index (χ3n) is 2.82. The zero-order valence-electron chi connectivity index (χ0n) is 12.3. The lowest BCUT2D eigenvalue weighted by Gasteiger charge is -2.13. The Morgan fingerprint density at radius 3 is 2.85 bits per heavy atom. The summed E-state index contributed by atoms with van der Waals surface area (Å²) in [5.74, 6) is 0.771. The lowest BCUT2D eigenvalue weighted by atomic mass is 10.1. The van der Waals surface area contributed by atoms with Crippen LogP contribution in [0.2, 0.25) is 0 Å². The van der Waals surface area contributed by atoms with Gasteiger partial charge in [0.05, 0.1) is 6.61 Å². The Labute approximate surface area is 120 Å². The Hall–Kier alpha value is -1.59. The first-order valence-electron chi connectivity index (χ1n) is 6.85. The number of hydrogen-bond donors (Lipinski definition) is 2. The highest BCUT2D eigenvalue weighted by molar-refractivity contribution is 5.76. The summed E-state index contributed by atoms with van der Waals surface area (Å²) in [5.41, 5.74) is 7.44. The molecule has 0 unspecified atom stereocenters. The second kappa shape index (κ2) is 9.34. The number of benzene rings is 1. The summed E-state index contributed by atoms with van der Waals surface area (Å²) in [6.45, 7) is 4.10. The van der Waals surface area contributed by atoms with Gasteiger partial charge < -0.3 is 20.5 Å². The molecule has 20 heavy (non-hydrogen) atoms. The molecule has 1 amide bonds. The van der Waals surface area contributed by atoms with Gasteiger partial charge >= 0.3 is 0 Å². The molecule has 0 bridgehead atoms. The van der Waals surface area contributed by atoms with Gasteiger partial charge in [-0.2, -0.15) is 0 Å². The van der Waals surface area contributed by atoms with Gasteiger partial charge in [0.25, 0.3) is 0 Å². The van der Waals surface area contributed by atoms with E-state index in [1.807, 2.05) is 25.1 Å². The predicted octanol–water partition coefficient (Wildman–Crippen LogP) is 1.38. The van der Waals surface area contributed by atoms with Crippen molar-refractivity contribution < 1.29 is 14.3 Å². The van der Waals surface area contributed by atoms with Crippen LogP contribution in [0.25, 0.3) is 0 Å². The van der Waals surface area contributed by atoms with Gasteiger partial charge in [0.2, 0.25) is 5.91 Å². The minimum atomic E-state index is -0.0431. The van der Waals surface area contributed by atoms with Crippen LogP contribution in [0.3, 0.4) is 0 Å². The van der Waals surface area contributed by atoms with Crippen LogP contribution in [-0.2, 0) is 16.1 Å². The van der Waals surface area contributed by atoms with Crippen LogP contribution in [0.5, 0.6) is 5.75 Å². The highest BCUT2D eigenvalue weighted by Crippen LogP contribution is 2.20. The van der Waals surface area contributed by atoms with E-state index >= 15 is 0 Å². The summed E-state index contributed by atoms with van der Waals surface area (Å²) in [6, 6.07) is 5.97. The normalized spacial score (nSPS) is 10.3. The monoisotopic (exact) mass is 280 g/mol. The highest BCUT2D eigenvalue weighted by atomic mass is 16.5. The van der Waals surface area contributed by atoms with Crippen LogP contribution in [0, 0.1) is 6.92 Å². The number of amides is 1. The molecule has 0 aliphatic carbocycles. The number of carbonyl (C=O) groups excluding carboxylic acids is 1. The zero-order chi connectivity index (χ0) is 14.8. The van der Waals surface area contributed by atoms with Crippen molar-refractivity contribution in [3.05, 3.63) is 29.3 Å². The van der Waals surface area contributed by atoms with Gasteiger partial charge in [-0.3, -0.25) is 4.79 Å². The first-order valence-corrected chi connectivity index (χ1v) is 6.85. The van der Waals surface area contributed by atoms with Crippen LogP contribution in [0.15, 0.2) is 18.2 Å². The summed E-state index contributed by atoms with van der Waals surface area (Å²) in [6.07, 6.45) is 1.18. The number of carbonyl (C=O) groups is 1. The standard InChI is InChI=1S/C15H24N2O3/c1-12-4-5-13(11-17-15(18)6-7-16)14(10-12)20-9-3-8-19-2/h4-5,10H,3,6-9,11,16H2,1-2H3,(H,17,18). The molecule has 1 rings (SSSR count). The molecular formula is C15H24N2O3. The van der Waals surface area contributed by atoms with E-state index in [2.05, 4.69) is 5.32 Å². The van der Waals surface area contributed by atoms with Gasteiger partial charge in [0, 0.05) is 45.2 Å². The fourth-order valence-electron chi connectivity index (χ4n) is 1.74. The Kier molecular flexibility index (Phi) is 7.69. The summed E-state index contributed by atoms with van der Waals surface area (Å²) >= 11 is 0. The molecule has 5 heteroatoms. The Morgan fingerprint density at radius 2 is 2.15 bits per heavy atom. The van der Waals surface area contributed by atoms with E-state index in [1.54, 1.807) is 7.11 Å². The van der Waals surface area contributed by atoms with Gasteiger partial charge in [0.1, 0.15) is 5.75 Å². The van der Waals surface area contributed by atoms with Crippen LogP contribution in [0.1, 0.15) is 24.0 Å². The largest absolute Gasteiger partial charge is 0.493 e. The average molecular weight is 280 g/mol. The quantitative estimate of drug-likeness (QED) is 0.670. The van der Waals surface area contributed by atoms with E-state index in [1.165, 1.54) is 0 Å². The minimum Gasteiger partial charge on any atom is -0.493 e. The number of methoxy groups -OCH3 is 1. The van der Waals surface area contributed by atoms with E-state index in [9.17, 15) is 4.79 Å². The summed E-state index contributed by atoms with van der Waals surface area (Å²) in [4.78, 5) is 11.4. The van der Waals surface area contributed by atoms with E-state index in [4.69, 9.17) is 15.2 Å². The van der Waals surface area contributed by atoms with Crippen LogP contribution >= 0.6 is 0 Å². The van der Waals surface area contributed by atoms with E-state index in [-0.39, 0.29) is 5.91 Å². The minimum absolute atomic E-state index is 0.0431. The lowest BCUT2D eigenvalue weighted by molar-refractivity contribution is -0.121. The average Bonchev–Trinajstić information content (AvgIpc) is 2.43. The maximum atomic E-state index is 11.4. The number of aryl methyl sites for hydroxylation is 1. The fraction of sp³-hybridized carbons (Fsp3) is 0.533. The predicted molar refractivity (Wildman–Crippen MR) is 78.7 cm³/mol. The van der Waals surface area contributed by atoms with E-state index in [0.29, 0.717) is 32.7 Å². The summed E-state index contributed by atoms with van der Waals surface area (Å²) in [5, 5.41) is 2.84. The molecule has 0 aromatic heterocycles. The van der Waals surface area contributed by atoms with Crippen molar-refractivity contribution in [3.8, 4) is 5.75 Å². The third kappa shape index (κ3) is 6.04. The van der Waals surface area contributed by atoms with Crippen LogP contribution in [0.4, 0.5) is 0 Å². The van der Waals surface area contributed by atoms with Gasteiger partial charge in [-0.05, 0) is 18.6 Å². The van der Waals surface area contributed by atoms with Crippen LogP contribution < -0.4 is 15.8 Å². The molecule has 0 heterocycles. The number of rotatable bonds is 9. The fourth-order valence-corrected chi connectivity index (χ4v) is 1.74. The number of nitrogens with two attached hydrogens (primary N) is 1. The molecule has 0 spiro atoms. The zero-order valence-corrected chi connectivity index (χ0v) is 12.3. The van der Waals surface area contributed by atoms with Gasteiger partial charge in [-0.1, -0.05) is 12.1 Å². The van der Waals surface area contributed by atoms with Crippen LogP contribution in [-0.4, -0.2) is 32.8 Å². The lowest BCUT2D eigenvalue weighted by Crippen LogP contribution is -2.25. The van der Waals surface area contributed by atoms with E-state index in [0.717, 1.165) is 23.3 Å². The molecule has 0 saturated heterocycles. The molecule has 1 aromatic carbocycles. The van der Waals surface area contributed by atoms with E-state index < -0.39 is 0 Å². The Balaban J connectivity index is 2.57. The van der Waals surface area contributed by atoms with Crippen molar-refractivity contribution in [1.82, 2.24) is 5.32 Å². The molecule has 0 radical (unpaired) electrons. The van der Waals surface area contributed by atoms with Gasteiger partial charge in [-0.25, -0.2) is 0 Å². The van der Waals surface area contributed by atoms with Crippen molar-refractivity contribution in [2.45, 2.75) is 26.3 Å². The van der Waals surface area contributed by atoms with Crippen molar-refractivity contribution >= 4 is 5.91 Å². The maximum Gasteiger partial charge on any atom is 0.221 e. The Bertz CT molecular complexity index is 422. The SMILES string of the molecule is COCCCOc1cc(C)ccc1CNC(=O)CCN. The molecule has 5 nitrogen and oxygen atoms in total. The maximum absolute atomic E-state index is 11.4. The highest BCUT2D eigenvalue weighted by Gasteiger charge is 2.06. The smallest absolute Gasteiger partial charge is 0.221 e. The van der Waals surface area contributed by atoms with Crippen molar-refractivity contribution in [3.63, 3.8) is 0 Å². The molecule has 3 N–H and O–H groups in total. The molecule has 0 atom stereocenters. The molecular weight excluding hydrogens is 256 g/mol. The molecule has 0 saturated carbocycles. The Morgan fingerprint density at radius 1 is 1.35 bits per heavy atom. The first kappa shape index (κ1) is 16.5. The van der Waals surface area contributed by atoms with Gasteiger partial charge in [-0.15, -0.1) is 0 Å². The molecule has 0 aliphatic rings. The topological polar surface area (TPSA) is 73.6 Å². The second-order valence-corrected chi connectivity index (χ2v) is 4.62. The van der Waals surface area contributed by atoms with Gasteiger partial charge in [0.15, 0.2) is 0 Å². The molecule has 0 fully saturated rings. The number of ether oxygens (including phenoxy) is 2. The first-order chi connectivity index (χ1) is 9.67. The number of nitrogens with one attached hydrogen (secondary N) is 1. The number of hydrogen-bond acceptors (Lipinski definition) is 4. The van der Waals surface area contributed by atoms with Crippen molar-refractivity contribution in [2.24, 2.45) is 5.73 Å². The van der Waals surface area contributed by atoms with Crippen molar-refractivity contribution in [2.75, 3.05) is 26.9 Å². The molecule has 1 aromatic rings. The second-order valence-electron chi connectivity index (χ2n) is 4.62. The summed E-state index contributed by atoms with van der Waals surface area (Å²) in [7, 11) is 1.67. The molecule has 112 valence electrons. The van der Waals surface area contributed by atoms with Crippen molar-refractivity contribution in [1.29, 1.82) is 0 Å².